The number of carboxylic acid groups (broad SMARTS) is 1. The van der Waals surface area contributed by atoms with Crippen molar-refractivity contribution in [3.63, 3.8) is 0 Å². The lowest BCUT2D eigenvalue weighted by Crippen LogP contribution is -2.35. The molecule has 9 nitrogen and oxygen atoms in total. The number of alkyl halides is 3. The SMILES string of the molecule is CCN(CCNCc1cc(-n2nc(C(F)(F)F)cc2C(=O)NCc2ccccc2OC)cc(C(C)(C)C)c1)C(=O)O. The highest BCUT2D eigenvalue weighted by atomic mass is 19.4. The summed E-state index contributed by atoms with van der Waals surface area (Å²) in [7, 11) is 1.49. The first-order valence-corrected chi connectivity index (χ1v) is 13.1. The van der Waals surface area contributed by atoms with E-state index < -0.39 is 23.9 Å². The van der Waals surface area contributed by atoms with E-state index in [9.17, 15) is 27.9 Å². The first kappa shape index (κ1) is 31.5. The molecule has 0 spiro atoms. The lowest BCUT2D eigenvalue weighted by Gasteiger charge is -2.22. The number of hydrogen-bond donors (Lipinski definition) is 3. The number of halogens is 3. The summed E-state index contributed by atoms with van der Waals surface area (Å²) in [6.07, 6.45) is -5.77. The molecule has 0 aliphatic carbocycles. The van der Waals surface area contributed by atoms with Crippen LogP contribution in [0.2, 0.25) is 0 Å². The lowest BCUT2D eigenvalue weighted by molar-refractivity contribution is -0.141. The van der Waals surface area contributed by atoms with Crippen LogP contribution in [0.4, 0.5) is 18.0 Å². The Bertz CT molecular complexity index is 1370. The number of methoxy groups -OCH3 is 1. The summed E-state index contributed by atoms with van der Waals surface area (Å²) in [4.78, 5) is 25.7. The van der Waals surface area contributed by atoms with Gasteiger partial charge in [0.1, 0.15) is 11.4 Å². The van der Waals surface area contributed by atoms with Crippen molar-refractivity contribution in [2.45, 2.75) is 52.4 Å². The van der Waals surface area contributed by atoms with Crippen LogP contribution in [-0.2, 0) is 24.7 Å². The summed E-state index contributed by atoms with van der Waals surface area (Å²) in [5, 5.41) is 18.9. The van der Waals surface area contributed by atoms with Crippen molar-refractivity contribution < 1.29 is 32.6 Å². The molecule has 222 valence electrons. The topological polar surface area (TPSA) is 109 Å². The van der Waals surface area contributed by atoms with Crippen molar-refractivity contribution in [3.8, 4) is 11.4 Å². The summed E-state index contributed by atoms with van der Waals surface area (Å²) in [5.41, 5.74) is 0.726. The van der Waals surface area contributed by atoms with Gasteiger partial charge in [-0.05, 0) is 41.7 Å². The Hall–Kier alpha value is -4.06. The highest BCUT2D eigenvalue weighted by molar-refractivity contribution is 5.93. The highest BCUT2D eigenvalue weighted by Crippen LogP contribution is 2.31. The minimum atomic E-state index is -4.76. The third-order valence-electron chi connectivity index (χ3n) is 6.49. The van der Waals surface area contributed by atoms with E-state index in [0.29, 0.717) is 36.6 Å². The van der Waals surface area contributed by atoms with E-state index >= 15 is 0 Å². The third-order valence-corrected chi connectivity index (χ3v) is 6.49. The van der Waals surface area contributed by atoms with Crippen molar-refractivity contribution in [2.24, 2.45) is 0 Å². The Morgan fingerprint density at radius 1 is 1.07 bits per heavy atom. The van der Waals surface area contributed by atoms with Gasteiger partial charge < -0.3 is 25.4 Å². The van der Waals surface area contributed by atoms with Crippen molar-refractivity contribution >= 4 is 12.0 Å². The predicted molar refractivity (Wildman–Crippen MR) is 148 cm³/mol. The van der Waals surface area contributed by atoms with Crippen LogP contribution in [-0.4, -0.2) is 58.5 Å². The summed E-state index contributed by atoms with van der Waals surface area (Å²) in [6.45, 7) is 9.05. The number of carbonyl (C=O) groups is 2. The van der Waals surface area contributed by atoms with Crippen LogP contribution < -0.4 is 15.4 Å². The molecule has 3 aromatic rings. The van der Waals surface area contributed by atoms with E-state index in [1.165, 1.54) is 12.0 Å². The molecule has 0 saturated carbocycles. The van der Waals surface area contributed by atoms with E-state index in [1.54, 1.807) is 43.3 Å². The van der Waals surface area contributed by atoms with Crippen LogP contribution >= 0.6 is 0 Å². The largest absolute Gasteiger partial charge is 0.496 e. The van der Waals surface area contributed by atoms with Crippen LogP contribution in [0.1, 0.15) is 60.6 Å². The van der Waals surface area contributed by atoms with Gasteiger partial charge in [-0.15, -0.1) is 0 Å². The second-order valence-corrected chi connectivity index (χ2v) is 10.5. The van der Waals surface area contributed by atoms with Crippen molar-refractivity contribution in [1.82, 2.24) is 25.3 Å². The number of amides is 2. The number of nitrogens with one attached hydrogen (secondary N) is 2. The molecule has 0 saturated heterocycles. The highest BCUT2D eigenvalue weighted by Gasteiger charge is 2.36. The van der Waals surface area contributed by atoms with Crippen LogP contribution in [0.25, 0.3) is 5.69 Å². The van der Waals surface area contributed by atoms with Crippen LogP contribution in [0.3, 0.4) is 0 Å². The Morgan fingerprint density at radius 2 is 1.78 bits per heavy atom. The second kappa shape index (κ2) is 13.1. The molecule has 2 aromatic carbocycles. The fourth-order valence-electron chi connectivity index (χ4n) is 4.16. The summed E-state index contributed by atoms with van der Waals surface area (Å²) in [5.74, 6) is -0.189. The number of para-hydroxylation sites is 1. The fourth-order valence-corrected chi connectivity index (χ4v) is 4.16. The predicted octanol–water partition coefficient (Wildman–Crippen LogP) is 5.22. The minimum absolute atomic E-state index is 0.0394. The van der Waals surface area contributed by atoms with E-state index in [0.717, 1.165) is 21.9 Å². The van der Waals surface area contributed by atoms with Gasteiger partial charge in [-0.1, -0.05) is 45.0 Å². The molecular formula is C29H36F3N5O4. The molecule has 0 aliphatic rings. The summed E-state index contributed by atoms with van der Waals surface area (Å²) >= 11 is 0. The van der Waals surface area contributed by atoms with Crippen molar-refractivity contribution in [2.75, 3.05) is 26.7 Å². The van der Waals surface area contributed by atoms with Gasteiger partial charge in [0.25, 0.3) is 5.91 Å². The lowest BCUT2D eigenvalue weighted by atomic mass is 9.85. The van der Waals surface area contributed by atoms with E-state index in [2.05, 4.69) is 15.7 Å². The van der Waals surface area contributed by atoms with Crippen LogP contribution in [0.5, 0.6) is 5.75 Å². The molecule has 1 heterocycles. The quantitative estimate of drug-likeness (QED) is 0.271. The van der Waals surface area contributed by atoms with Crippen molar-refractivity contribution in [3.05, 3.63) is 76.6 Å². The summed E-state index contributed by atoms with van der Waals surface area (Å²) < 4.78 is 47.5. The monoisotopic (exact) mass is 575 g/mol. The van der Waals surface area contributed by atoms with Gasteiger partial charge in [0.2, 0.25) is 0 Å². The second-order valence-electron chi connectivity index (χ2n) is 10.5. The maximum atomic E-state index is 13.7. The third kappa shape index (κ3) is 8.23. The Labute approximate surface area is 237 Å². The normalized spacial score (nSPS) is 11.8. The van der Waals surface area contributed by atoms with E-state index in [1.807, 2.05) is 26.8 Å². The number of likely N-dealkylation sites (N-methyl/N-ethyl adjacent to an activating group) is 1. The zero-order chi connectivity index (χ0) is 30.4. The maximum Gasteiger partial charge on any atom is 0.435 e. The molecule has 0 fully saturated rings. The van der Waals surface area contributed by atoms with E-state index in [-0.39, 0.29) is 24.2 Å². The van der Waals surface area contributed by atoms with Gasteiger partial charge in [0, 0.05) is 44.4 Å². The molecule has 0 unspecified atom stereocenters. The first-order valence-electron chi connectivity index (χ1n) is 13.1. The van der Waals surface area contributed by atoms with Crippen molar-refractivity contribution in [1.29, 1.82) is 0 Å². The molecule has 12 heteroatoms. The summed E-state index contributed by atoms with van der Waals surface area (Å²) in [6, 6.07) is 13.1. The fraction of sp³-hybridized carbons (Fsp3) is 0.414. The standard InChI is InChI=1S/C29H36F3N5O4/c1-6-36(27(39)40)12-11-33-17-19-13-21(28(2,3)4)15-22(14-19)37-23(16-25(35-37)29(30,31)32)26(38)34-18-20-9-7-8-10-24(20)41-5/h7-10,13-16,33H,6,11-12,17-18H2,1-5H3,(H,34,38)(H,39,40). The average molecular weight is 576 g/mol. The molecule has 41 heavy (non-hydrogen) atoms. The molecular weight excluding hydrogens is 539 g/mol. The Balaban J connectivity index is 1.95. The number of rotatable bonds is 11. The first-order chi connectivity index (χ1) is 19.2. The molecule has 2 amide bonds. The molecule has 3 N–H and O–H groups in total. The molecule has 0 atom stereocenters. The van der Waals surface area contributed by atoms with Crippen LogP contribution in [0.15, 0.2) is 48.5 Å². The average Bonchev–Trinajstić information content (AvgIpc) is 3.37. The Morgan fingerprint density at radius 3 is 2.39 bits per heavy atom. The van der Waals surface area contributed by atoms with Gasteiger partial charge in [0.15, 0.2) is 5.69 Å². The molecule has 0 bridgehead atoms. The van der Waals surface area contributed by atoms with Gasteiger partial charge in [-0.2, -0.15) is 18.3 Å². The van der Waals surface area contributed by atoms with Gasteiger partial charge in [-0.25, -0.2) is 9.48 Å². The van der Waals surface area contributed by atoms with Gasteiger partial charge in [-0.3, -0.25) is 4.79 Å². The molecule has 1 aromatic heterocycles. The molecule has 0 radical (unpaired) electrons. The van der Waals surface area contributed by atoms with Gasteiger partial charge >= 0.3 is 12.3 Å². The molecule has 0 aliphatic heterocycles. The maximum absolute atomic E-state index is 13.7. The number of benzene rings is 2. The minimum Gasteiger partial charge on any atom is -0.496 e. The number of ether oxygens (including phenoxy) is 1. The zero-order valence-electron chi connectivity index (χ0n) is 23.8. The van der Waals surface area contributed by atoms with E-state index in [4.69, 9.17) is 4.74 Å². The smallest absolute Gasteiger partial charge is 0.435 e. The number of nitrogens with zero attached hydrogens (tertiary/aromatic N) is 3. The van der Waals surface area contributed by atoms with Gasteiger partial charge in [0.05, 0.1) is 12.8 Å². The van der Waals surface area contributed by atoms with Crippen LogP contribution in [0, 0.1) is 0 Å². The number of aromatic nitrogens is 2. The molecule has 3 rings (SSSR count). The Kier molecular flexibility index (Phi) is 10.0. The zero-order valence-corrected chi connectivity index (χ0v) is 23.8. The number of hydrogen-bond acceptors (Lipinski definition) is 5. The number of carbonyl (C=O) groups excluding carboxylic acids is 1.